The predicted octanol–water partition coefficient (Wildman–Crippen LogP) is 23.5. The topological polar surface area (TPSA) is 8.17 Å². The maximum atomic E-state index is 2.50. The first kappa shape index (κ1) is 54.0. The van der Waals surface area contributed by atoms with Gasteiger partial charge in [-0.05, 0) is 171 Å². The van der Waals surface area contributed by atoms with Crippen LogP contribution in [0.5, 0.6) is 0 Å². The van der Waals surface area contributed by atoms with Gasteiger partial charge in [-0.15, -0.1) is 0 Å². The summed E-state index contributed by atoms with van der Waals surface area (Å²) < 4.78 is 2.49. The molecule has 1 aromatic heterocycles. The van der Waals surface area contributed by atoms with Crippen LogP contribution in [0.15, 0.2) is 249 Å². The van der Waals surface area contributed by atoms with Gasteiger partial charge in [-0.1, -0.05) is 271 Å². The highest BCUT2D eigenvalue weighted by molar-refractivity contribution is 6.10. The van der Waals surface area contributed by atoms with Crippen LogP contribution < -0.4 is 4.90 Å². The van der Waals surface area contributed by atoms with Gasteiger partial charge in [0, 0.05) is 33.4 Å². The largest absolute Gasteiger partial charge is 0.310 e. The van der Waals surface area contributed by atoms with E-state index in [1.807, 2.05) is 0 Å². The van der Waals surface area contributed by atoms with Crippen molar-refractivity contribution >= 4 is 38.9 Å². The molecule has 2 aliphatic rings. The standard InChI is InChI=1S/C83H76N2/c1-4-5-6-7-8-9-10-11-12-13-14-16-29-60-50-58(2)51-64(54-60)65-52-59(3)53-68(55-65)85-81-41-28-23-36-74(81)75-56-63(44-49-82(75)85)61-42-45-66(46-43-61)84(80-40-27-22-32-69(80)62-30-17-15-18-31-62)67-47-48-73-72-35-21-26-39-78(72)83(79(73)57-67)76-37-24-19-33-70(76)71-34-20-25-38-77(71)83/h15,17-28,30-57H,4-14,16,29H2,1-3H3. The molecule has 14 rings (SSSR count). The van der Waals surface area contributed by atoms with E-state index in [9.17, 15) is 0 Å². The third kappa shape index (κ3) is 10.00. The van der Waals surface area contributed by atoms with E-state index in [0.29, 0.717) is 0 Å². The second kappa shape index (κ2) is 23.6. The van der Waals surface area contributed by atoms with Crippen molar-refractivity contribution < 1.29 is 0 Å². The minimum Gasteiger partial charge on any atom is -0.310 e. The summed E-state index contributed by atoms with van der Waals surface area (Å²) in [5.41, 5.74) is 28.5. The van der Waals surface area contributed by atoms with Gasteiger partial charge < -0.3 is 9.47 Å². The average Bonchev–Trinajstić information content (AvgIpc) is 2.05. The SMILES string of the molecule is CCCCCCCCCCCCCCc1cc(C)cc(-c2cc(C)cc(-n3c4ccccc4c4cc(-c5ccc(N(c6ccc7c(c6)C6(c8ccccc8-c8ccccc86)c6ccccc6-7)c6ccccc6-c6ccccc6)cc5)ccc43)c2)c1. The van der Waals surface area contributed by atoms with Crippen molar-refractivity contribution in [3.05, 3.63) is 288 Å². The van der Waals surface area contributed by atoms with Crippen molar-refractivity contribution in [2.24, 2.45) is 0 Å². The molecule has 1 heterocycles. The molecule has 0 atom stereocenters. The van der Waals surface area contributed by atoms with Crippen LogP contribution in [0, 0.1) is 13.8 Å². The highest BCUT2D eigenvalue weighted by Crippen LogP contribution is 2.63. The molecule has 0 radical (unpaired) electrons. The van der Waals surface area contributed by atoms with Crippen LogP contribution >= 0.6 is 0 Å². The summed E-state index contributed by atoms with van der Waals surface area (Å²) in [4.78, 5) is 2.49. The predicted molar refractivity (Wildman–Crippen MR) is 362 cm³/mol. The summed E-state index contributed by atoms with van der Waals surface area (Å²) in [6.07, 6.45) is 17.7. The molecular weight excluding hydrogens is 1020 g/mol. The summed E-state index contributed by atoms with van der Waals surface area (Å²) >= 11 is 0. The number of unbranched alkanes of at least 4 members (excludes halogenated alkanes) is 11. The minimum atomic E-state index is -0.455. The van der Waals surface area contributed by atoms with Gasteiger partial charge in [-0.3, -0.25) is 0 Å². The second-order valence-electron chi connectivity index (χ2n) is 24.4. The van der Waals surface area contributed by atoms with Crippen LogP contribution in [0.25, 0.3) is 83.1 Å². The number of para-hydroxylation sites is 2. The maximum absolute atomic E-state index is 2.50. The molecule has 0 amide bonds. The summed E-state index contributed by atoms with van der Waals surface area (Å²) in [6, 6.07) is 94.0. The van der Waals surface area contributed by atoms with Gasteiger partial charge >= 0.3 is 0 Å². The van der Waals surface area contributed by atoms with Gasteiger partial charge in [0.25, 0.3) is 0 Å². The fourth-order valence-electron chi connectivity index (χ4n) is 14.8. The quantitative estimate of drug-likeness (QED) is 0.0691. The van der Waals surface area contributed by atoms with Crippen molar-refractivity contribution in [1.29, 1.82) is 0 Å². The Labute approximate surface area is 504 Å². The summed E-state index contributed by atoms with van der Waals surface area (Å²) in [6.45, 7) is 6.82. The molecule has 0 N–H and O–H groups in total. The maximum Gasteiger partial charge on any atom is 0.0726 e. The first-order valence-corrected chi connectivity index (χ1v) is 31.7. The lowest BCUT2D eigenvalue weighted by atomic mass is 9.70. The number of aryl methyl sites for hydroxylation is 3. The highest BCUT2D eigenvalue weighted by Gasteiger charge is 2.51. The monoisotopic (exact) mass is 1100 g/mol. The van der Waals surface area contributed by atoms with Crippen LogP contribution in [-0.2, 0) is 11.8 Å². The normalized spacial score (nSPS) is 12.6. The molecule has 11 aromatic carbocycles. The van der Waals surface area contributed by atoms with Crippen LogP contribution in [0.4, 0.5) is 17.1 Å². The van der Waals surface area contributed by atoms with E-state index in [-0.39, 0.29) is 0 Å². The lowest BCUT2D eigenvalue weighted by Crippen LogP contribution is -2.26. The van der Waals surface area contributed by atoms with Crippen LogP contribution in [0.3, 0.4) is 0 Å². The Kier molecular flexibility index (Phi) is 15.0. The van der Waals surface area contributed by atoms with E-state index < -0.39 is 5.41 Å². The van der Waals surface area contributed by atoms with Gasteiger partial charge in [0.1, 0.15) is 0 Å². The lowest BCUT2D eigenvalue weighted by Gasteiger charge is -2.32. The van der Waals surface area contributed by atoms with Crippen LogP contribution in [0.1, 0.15) is 123 Å². The molecule has 0 saturated carbocycles. The molecule has 2 heteroatoms. The molecular formula is C83H76N2. The number of rotatable bonds is 20. The average molecular weight is 1100 g/mol. The van der Waals surface area contributed by atoms with E-state index in [1.54, 1.807) is 0 Å². The fourth-order valence-corrected chi connectivity index (χ4v) is 14.8. The molecule has 1 spiro atoms. The van der Waals surface area contributed by atoms with Crippen molar-refractivity contribution in [3.8, 4) is 61.3 Å². The Morgan fingerprint density at radius 2 is 0.847 bits per heavy atom. The molecule has 0 aliphatic heterocycles. The van der Waals surface area contributed by atoms with E-state index >= 15 is 0 Å². The molecule has 418 valence electrons. The Morgan fingerprint density at radius 1 is 0.329 bits per heavy atom. The van der Waals surface area contributed by atoms with Crippen molar-refractivity contribution in [3.63, 3.8) is 0 Å². The third-order valence-corrected chi connectivity index (χ3v) is 18.7. The zero-order valence-electron chi connectivity index (χ0n) is 49.8. The van der Waals surface area contributed by atoms with Gasteiger partial charge in [-0.25, -0.2) is 0 Å². The molecule has 85 heavy (non-hydrogen) atoms. The van der Waals surface area contributed by atoms with Gasteiger partial charge in [0.05, 0.1) is 22.1 Å². The molecule has 2 aliphatic carbocycles. The summed E-state index contributed by atoms with van der Waals surface area (Å²) in [5.74, 6) is 0. The molecule has 0 saturated heterocycles. The molecule has 12 aromatic rings. The zero-order chi connectivity index (χ0) is 57.3. The van der Waals surface area contributed by atoms with Crippen molar-refractivity contribution in [2.45, 2.75) is 110 Å². The highest BCUT2D eigenvalue weighted by atomic mass is 15.1. The smallest absolute Gasteiger partial charge is 0.0726 e. The number of aromatic nitrogens is 1. The number of hydrogen-bond donors (Lipinski definition) is 0. The second-order valence-corrected chi connectivity index (χ2v) is 24.4. The number of benzene rings is 11. The first-order valence-electron chi connectivity index (χ1n) is 31.7. The van der Waals surface area contributed by atoms with Gasteiger partial charge in [0.15, 0.2) is 0 Å². The summed E-state index contributed by atoms with van der Waals surface area (Å²) in [7, 11) is 0. The van der Waals surface area contributed by atoms with E-state index in [2.05, 4.69) is 279 Å². The van der Waals surface area contributed by atoms with Crippen molar-refractivity contribution in [1.82, 2.24) is 4.57 Å². The Bertz CT molecular complexity index is 4320. The van der Waals surface area contributed by atoms with Gasteiger partial charge in [0.2, 0.25) is 0 Å². The lowest BCUT2D eigenvalue weighted by molar-refractivity contribution is 0.544. The number of hydrogen-bond acceptors (Lipinski definition) is 1. The summed E-state index contributed by atoms with van der Waals surface area (Å²) in [5, 5.41) is 2.51. The van der Waals surface area contributed by atoms with Crippen molar-refractivity contribution in [2.75, 3.05) is 4.90 Å². The first-order chi connectivity index (χ1) is 42.0. The molecule has 0 unspecified atom stereocenters. The number of anilines is 3. The number of nitrogens with zero attached hydrogens (tertiary/aromatic N) is 2. The third-order valence-electron chi connectivity index (χ3n) is 18.7. The zero-order valence-corrected chi connectivity index (χ0v) is 49.8. The fraction of sp³-hybridized carbons (Fsp3) is 0.205. The van der Waals surface area contributed by atoms with Crippen LogP contribution in [0.2, 0.25) is 0 Å². The van der Waals surface area contributed by atoms with E-state index in [1.165, 1.54) is 199 Å². The minimum absolute atomic E-state index is 0.455. The van der Waals surface area contributed by atoms with Gasteiger partial charge in [-0.2, -0.15) is 0 Å². The van der Waals surface area contributed by atoms with Crippen LogP contribution in [-0.4, -0.2) is 4.57 Å². The molecule has 0 bridgehead atoms. The Hall–Kier alpha value is -8.98. The Balaban J connectivity index is 0.791. The Morgan fingerprint density at radius 3 is 1.52 bits per heavy atom. The molecule has 0 fully saturated rings. The number of fused-ring (bicyclic) bond motifs is 13. The van der Waals surface area contributed by atoms with E-state index in [0.717, 1.165) is 23.5 Å². The molecule has 2 nitrogen and oxygen atoms in total. The van der Waals surface area contributed by atoms with E-state index in [4.69, 9.17) is 0 Å².